The second kappa shape index (κ2) is 7.29. The standard InChI is InChI=1S/C16H22N6O2/c1-2-7-22-10-12(9-19-22)15(23)20-13-4-3-8-21(11-13)14-16(24)18-6-5-17-14/h5-6,9-10,13H,2-4,7-8,11H2,1H3,(H,18,24)(H,20,23)/t13-/m0/s1. The molecule has 0 aromatic carbocycles. The van der Waals surface area contributed by atoms with Gasteiger partial charge in [-0.25, -0.2) is 4.98 Å². The predicted molar refractivity (Wildman–Crippen MR) is 90.1 cm³/mol. The van der Waals surface area contributed by atoms with Crippen LogP contribution in [0, 0.1) is 0 Å². The number of nitrogens with one attached hydrogen (secondary N) is 2. The summed E-state index contributed by atoms with van der Waals surface area (Å²) in [6.45, 7) is 4.21. The van der Waals surface area contributed by atoms with E-state index in [0.29, 0.717) is 17.9 Å². The van der Waals surface area contributed by atoms with Gasteiger partial charge in [-0.05, 0) is 19.3 Å². The van der Waals surface area contributed by atoms with Crippen LogP contribution < -0.4 is 15.8 Å². The van der Waals surface area contributed by atoms with Crippen LogP contribution in [-0.2, 0) is 6.54 Å². The number of H-pyrrole nitrogens is 1. The van der Waals surface area contributed by atoms with E-state index in [1.54, 1.807) is 23.3 Å². The molecule has 1 fully saturated rings. The van der Waals surface area contributed by atoms with Crippen LogP contribution in [0.15, 0.2) is 29.6 Å². The molecule has 2 aromatic heterocycles. The van der Waals surface area contributed by atoms with Gasteiger partial charge in [-0.3, -0.25) is 14.3 Å². The molecule has 0 unspecified atom stereocenters. The molecule has 1 amide bonds. The molecule has 128 valence electrons. The van der Waals surface area contributed by atoms with Crippen LogP contribution in [0.3, 0.4) is 0 Å². The third-order valence-electron chi connectivity index (χ3n) is 4.09. The second-order valence-corrected chi connectivity index (χ2v) is 5.99. The van der Waals surface area contributed by atoms with E-state index >= 15 is 0 Å². The lowest BCUT2D eigenvalue weighted by molar-refractivity contribution is 0.0933. The van der Waals surface area contributed by atoms with Crippen molar-refractivity contribution < 1.29 is 4.79 Å². The van der Waals surface area contributed by atoms with Crippen LogP contribution in [0.5, 0.6) is 0 Å². The van der Waals surface area contributed by atoms with Gasteiger partial charge in [0.25, 0.3) is 11.5 Å². The van der Waals surface area contributed by atoms with E-state index in [1.807, 2.05) is 4.90 Å². The molecule has 1 aliphatic rings. The van der Waals surface area contributed by atoms with Crippen molar-refractivity contribution in [2.75, 3.05) is 18.0 Å². The van der Waals surface area contributed by atoms with E-state index in [2.05, 4.69) is 27.3 Å². The SMILES string of the molecule is CCCn1cc(C(=O)N[C@H]2CCCN(c3ncc[nH]c3=O)C2)cn1. The molecule has 0 bridgehead atoms. The summed E-state index contributed by atoms with van der Waals surface area (Å²) in [6.07, 6.45) is 9.20. The monoisotopic (exact) mass is 330 g/mol. The maximum atomic E-state index is 12.4. The summed E-state index contributed by atoms with van der Waals surface area (Å²) in [4.78, 5) is 33.0. The lowest BCUT2D eigenvalue weighted by Crippen LogP contribution is -2.49. The molecule has 24 heavy (non-hydrogen) atoms. The number of amides is 1. The number of anilines is 1. The number of nitrogens with zero attached hydrogens (tertiary/aromatic N) is 4. The Morgan fingerprint density at radius 2 is 2.38 bits per heavy atom. The van der Waals surface area contributed by atoms with Crippen LogP contribution in [0.2, 0.25) is 0 Å². The van der Waals surface area contributed by atoms with Crippen LogP contribution in [0.4, 0.5) is 5.82 Å². The minimum Gasteiger partial charge on any atom is -0.350 e. The summed E-state index contributed by atoms with van der Waals surface area (Å²) < 4.78 is 1.77. The molecular formula is C16H22N6O2. The topological polar surface area (TPSA) is 95.9 Å². The fraction of sp³-hybridized carbons (Fsp3) is 0.500. The smallest absolute Gasteiger partial charge is 0.290 e. The highest BCUT2D eigenvalue weighted by atomic mass is 16.2. The molecule has 8 heteroatoms. The Labute approximate surface area is 139 Å². The molecule has 0 saturated carbocycles. The summed E-state index contributed by atoms with van der Waals surface area (Å²) in [7, 11) is 0. The number of aromatic amines is 1. The van der Waals surface area contributed by atoms with Crippen molar-refractivity contribution in [1.29, 1.82) is 0 Å². The molecule has 2 aromatic rings. The Kier molecular flexibility index (Phi) is 4.93. The van der Waals surface area contributed by atoms with Gasteiger partial charge < -0.3 is 15.2 Å². The zero-order chi connectivity index (χ0) is 16.9. The maximum absolute atomic E-state index is 12.4. The van der Waals surface area contributed by atoms with Crippen molar-refractivity contribution in [3.05, 3.63) is 40.7 Å². The van der Waals surface area contributed by atoms with E-state index < -0.39 is 0 Å². The van der Waals surface area contributed by atoms with Crippen molar-refractivity contribution in [2.45, 2.75) is 38.8 Å². The average Bonchev–Trinajstić information content (AvgIpc) is 3.05. The van der Waals surface area contributed by atoms with Crippen LogP contribution in [-0.4, -0.2) is 44.8 Å². The number of hydrogen-bond acceptors (Lipinski definition) is 5. The Bertz CT molecular complexity index is 753. The summed E-state index contributed by atoms with van der Waals surface area (Å²) in [5.41, 5.74) is 0.363. The summed E-state index contributed by atoms with van der Waals surface area (Å²) >= 11 is 0. The molecule has 0 spiro atoms. The Morgan fingerprint density at radius 3 is 3.17 bits per heavy atom. The number of hydrogen-bond donors (Lipinski definition) is 2. The number of rotatable bonds is 5. The van der Waals surface area contributed by atoms with Gasteiger partial charge in [0, 0.05) is 44.3 Å². The van der Waals surface area contributed by atoms with Crippen molar-refractivity contribution in [1.82, 2.24) is 25.1 Å². The first kappa shape index (κ1) is 16.2. The highest BCUT2D eigenvalue weighted by Gasteiger charge is 2.24. The predicted octanol–water partition coefficient (Wildman–Crippen LogP) is 0.775. The Hall–Kier alpha value is -2.64. The van der Waals surface area contributed by atoms with E-state index in [4.69, 9.17) is 0 Å². The first-order chi connectivity index (χ1) is 11.7. The minimum atomic E-state index is -0.203. The molecule has 3 heterocycles. The quantitative estimate of drug-likeness (QED) is 0.844. The van der Waals surface area contributed by atoms with E-state index in [-0.39, 0.29) is 17.5 Å². The number of carbonyl (C=O) groups is 1. The van der Waals surface area contributed by atoms with Crippen LogP contribution in [0.1, 0.15) is 36.5 Å². The zero-order valence-electron chi connectivity index (χ0n) is 13.7. The zero-order valence-corrected chi connectivity index (χ0v) is 13.7. The fourth-order valence-corrected chi connectivity index (χ4v) is 2.96. The summed E-state index contributed by atoms with van der Waals surface area (Å²) in [6, 6.07) is -0.0119. The molecule has 1 aliphatic heterocycles. The van der Waals surface area contributed by atoms with Gasteiger partial charge in [0.15, 0.2) is 5.82 Å². The molecule has 3 rings (SSSR count). The molecule has 0 aliphatic carbocycles. The highest BCUT2D eigenvalue weighted by Crippen LogP contribution is 2.14. The molecule has 8 nitrogen and oxygen atoms in total. The van der Waals surface area contributed by atoms with Crippen LogP contribution in [0.25, 0.3) is 0 Å². The molecule has 1 atom stereocenters. The third-order valence-corrected chi connectivity index (χ3v) is 4.09. The number of aromatic nitrogens is 4. The van der Waals surface area contributed by atoms with Gasteiger partial charge in [-0.15, -0.1) is 0 Å². The number of aryl methyl sites for hydroxylation is 1. The number of piperidine rings is 1. The number of carbonyl (C=O) groups excluding carboxylic acids is 1. The Morgan fingerprint density at radius 1 is 1.50 bits per heavy atom. The van der Waals surface area contributed by atoms with Gasteiger partial charge in [-0.2, -0.15) is 5.10 Å². The fourth-order valence-electron chi connectivity index (χ4n) is 2.96. The maximum Gasteiger partial charge on any atom is 0.290 e. The van der Waals surface area contributed by atoms with Crippen molar-refractivity contribution >= 4 is 11.7 Å². The Balaban J connectivity index is 1.63. The lowest BCUT2D eigenvalue weighted by Gasteiger charge is -2.33. The van der Waals surface area contributed by atoms with Crippen LogP contribution >= 0.6 is 0 Å². The minimum absolute atomic E-state index is 0.0119. The van der Waals surface area contributed by atoms with E-state index in [1.165, 1.54) is 6.20 Å². The first-order valence-corrected chi connectivity index (χ1v) is 8.29. The van der Waals surface area contributed by atoms with Gasteiger partial charge in [0.2, 0.25) is 0 Å². The molecule has 0 radical (unpaired) electrons. The third kappa shape index (κ3) is 3.64. The van der Waals surface area contributed by atoms with E-state index in [9.17, 15) is 9.59 Å². The van der Waals surface area contributed by atoms with Gasteiger partial charge >= 0.3 is 0 Å². The second-order valence-electron chi connectivity index (χ2n) is 5.99. The molecular weight excluding hydrogens is 308 g/mol. The first-order valence-electron chi connectivity index (χ1n) is 8.29. The average molecular weight is 330 g/mol. The van der Waals surface area contributed by atoms with Gasteiger partial charge in [0.1, 0.15) is 0 Å². The normalized spacial score (nSPS) is 17.7. The summed E-state index contributed by atoms with van der Waals surface area (Å²) in [5, 5.41) is 7.22. The van der Waals surface area contributed by atoms with Gasteiger partial charge in [0.05, 0.1) is 11.8 Å². The van der Waals surface area contributed by atoms with Gasteiger partial charge in [-0.1, -0.05) is 6.92 Å². The van der Waals surface area contributed by atoms with E-state index in [0.717, 1.165) is 32.4 Å². The molecule has 2 N–H and O–H groups in total. The van der Waals surface area contributed by atoms with Crippen molar-refractivity contribution in [2.24, 2.45) is 0 Å². The largest absolute Gasteiger partial charge is 0.350 e. The lowest BCUT2D eigenvalue weighted by atomic mass is 10.1. The van der Waals surface area contributed by atoms with Crippen molar-refractivity contribution in [3.8, 4) is 0 Å². The highest BCUT2D eigenvalue weighted by molar-refractivity contribution is 5.93. The summed E-state index contributed by atoms with van der Waals surface area (Å²) in [5.74, 6) is 0.284. The van der Waals surface area contributed by atoms with Crippen molar-refractivity contribution in [3.63, 3.8) is 0 Å². The molecule has 1 saturated heterocycles.